The third-order valence-electron chi connectivity index (χ3n) is 5.92. The lowest BCUT2D eigenvalue weighted by atomic mass is 9.92. The molecular weight excluding hydrogens is 394 g/mol. The van der Waals surface area contributed by atoms with Crippen LogP contribution in [0.2, 0.25) is 0 Å². The molecule has 3 heterocycles. The van der Waals surface area contributed by atoms with Crippen molar-refractivity contribution in [3.63, 3.8) is 0 Å². The summed E-state index contributed by atoms with van der Waals surface area (Å²) in [5.74, 6) is 1.72. The SMILES string of the molecule is O[C@@]1(CNCc2ccc(OCCN3CCOCC3)cc2)CCCN(c2cnccn2)C1. The molecule has 2 fully saturated rings. The van der Waals surface area contributed by atoms with Crippen LogP contribution >= 0.6 is 0 Å². The third kappa shape index (κ3) is 6.61. The molecule has 0 spiro atoms. The van der Waals surface area contributed by atoms with Crippen LogP contribution in [0.4, 0.5) is 5.82 Å². The Bertz CT molecular complexity index is 786. The zero-order valence-corrected chi connectivity index (χ0v) is 18.1. The number of β-amino-alcohol motifs (C(OH)–C–C–N with tert-alkyl or cyclic N) is 1. The standard InChI is InChI=1S/C23H33N5O3/c29-23(6-1-9-28(19-23)22-17-24-7-8-26-22)18-25-16-20-2-4-21(5-3-20)31-15-12-27-10-13-30-14-11-27/h2-5,7-8,17,25,29H,1,6,9-16,18-19H2/t23-/m1/s1. The van der Waals surface area contributed by atoms with Crippen molar-refractivity contribution in [3.8, 4) is 5.75 Å². The molecule has 0 aliphatic carbocycles. The number of piperidine rings is 1. The van der Waals surface area contributed by atoms with Gasteiger partial charge in [0.15, 0.2) is 0 Å². The molecule has 2 aromatic rings. The minimum Gasteiger partial charge on any atom is -0.492 e. The maximum absolute atomic E-state index is 11.0. The lowest BCUT2D eigenvalue weighted by molar-refractivity contribution is 0.0258. The van der Waals surface area contributed by atoms with E-state index in [-0.39, 0.29) is 0 Å². The summed E-state index contributed by atoms with van der Waals surface area (Å²) in [6, 6.07) is 8.19. The van der Waals surface area contributed by atoms with Crippen LogP contribution in [0, 0.1) is 0 Å². The number of ether oxygens (including phenoxy) is 2. The fourth-order valence-electron chi connectivity index (χ4n) is 4.17. The van der Waals surface area contributed by atoms with E-state index in [1.165, 1.54) is 5.56 Å². The van der Waals surface area contributed by atoms with Gasteiger partial charge in [-0.2, -0.15) is 0 Å². The van der Waals surface area contributed by atoms with E-state index in [2.05, 4.69) is 37.2 Å². The van der Waals surface area contributed by atoms with E-state index in [1.807, 2.05) is 12.1 Å². The molecule has 0 saturated carbocycles. The predicted molar refractivity (Wildman–Crippen MR) is 119 cm³/mol. The van der Waals surface area contributed by atoms with E-state index in [1.54, 1.807) is 18.6 Å². The molecule has 0 amide bonds. The van der Waals surface area contributed by atoms with E-state index >= 15 is 0 Å². The summed E-state index contributed by atoms with van der Waals surface area (Å²) in [7, 11) is 0. The van der Waals surface area contributed by atoms with Gasteiger partial charge in [0.25, 0.3) is 0 Å². The van der Waals surface area contributed by atoms with Crippen molar-refractivity contribution in [1.82, 2.24) is 20.2 Å². The van der Waals surface area contributed by atoms with Gasteiger partial charge in [-0.25, -0.2) is 4.98 Å². The van der Waals surface area contributed by atoms with Gasteiger partial charge in [0.1, 0.15) is 18.2 Å². The molecule has 0 radical (unpaired) electrons. The molecule has 1 aromatic carbocycles. The Kier molecular flexibility index (Phi) is 7.69. The Morgan fingerprint density at radius 1 is 1.13 bits per heavy atom. The number of hydrogen-bond donors (Lipinski definition) is 2. The minimum absolute atomic E-state index is 0.543. The first-order valence-corrected chi connectivity index (χ1v) is 11.2. The van der Waals surface area contributed by atoms with Gasteiger partial charge in [-0.3, -0.25) is 9.88 Å². The molecule has 31 heavy (non-hydrogen) atoms. The third-order valence-corrected chi connectivity index (χ3v) is 5.92. The highest BCUT2D eigenvalue weighted by atomic mass is 16.5. The Morgan fingerprint density at radius 2 is 1.97 bits per heavy atom. The van der Waals surface area contributed by atoms with Gasteiger partial charge >= 0.3 is 0 Å². The lowest BCUT2D eigenvalue weighted by Crippen LogP contribution is -2.53. The van der Waals surface area contributed by atoms with Gasteiger partial charge in [-0.15, -0.1) is 0 Å². The lowest BCUT2D eigenvalue weighted by Gasteiger charge is -2.39. The van der Waals surface area contributed by atoms with Crippen LogP contribution in [0.5, 0.6) is 5.75 Å². The fraction of sp³-hybridized carbons (Fsp3) is 0.565. The first-order valence-electron chi connectivity index (χ1n) is 11.2. The molecule has 2 saturated heterocycles. The Hall–Kier alpha value is -2.26. The Morgan fingerprint density at radius 3 is 2.74 bits per heavy atom. The largest absolute Gasteiger partial charge is 0.492 e. The average molecular weight is 428 g/mol. The normalized spacial score (nSPS) is 22.4. The summed E-state index contributed by atoms with van der Waals surface area (Å²) in [6.07, 6.45) is 6.83. The number of aliphatic hydroxyl groups is 1. The van der Waals surface area contributed by atoms with E-state index in [0.29, 0.717) is 26.2 Å². The van der Waals surface area contributed by atoms with Gasteiger partial charge in [0.2, 0.25) is 0 Å². The van der Waals surface area contributed by atoms with Gasteiger partial charge in [-0.05, 0) is 30.5 Å². The monoisotopic (exact) mass is 427 g/mol. The quantitative estimate of drug-likeness (QED) is 0.620. The molecule has 2 N–H and O–H groups in total. The molecule has 2 aliphatic heterocycles. The van der Waals surface area contributed by atoms with Crippen LogP contribution < -0.4 is 15.0 Å². The molecule has 2 aliphatic rings. The Balaban J connectivity index is 1.18. The zero-order chi connectivity index (χ0) is 21.4. The fourth-order valence-corrected chi connectivity index (χ4v) is 4.17. The summed E-state index contributed by atoms with van der Waals surface area (Å²) < 4.78 is 11.2. The van der Waals surface area contributed by atoms with Crippen LogP contribution in [-0.2, 0) is 11.3 Å². The number of rotatable bonds is 9. The van der Waals surface area contributed by atoms with Crippen LogP contribution in [0.3, 0.4) is 0 Å². The summed E-state index contributed by atoms with van der Waals surface area (Å²) in [6.45, 7) is 7.92. The second kappa shape index (κ2) is 10.9. The van der Waals surface area contributed by atoms with Crippen LogP contribution in [-0.4, -0.2) is 84.7 Å². The molecule has 0 unspecified atom stereocenters. The number of anilines is 1. The van der Waals surface area contributed by atoms with Gasteiger partial charge < -0.3 is 24.8 Å². The number of morpholine rings is 1. The summed E-state index contributed by atoms with van der Waals surface area (Å²) in [5.41, 5.74) is 0.406. The maximum Gasteiger partial charge on any atom is 0.147 e. The molecule has 1 atom stereocenters. The number of nitrogens with one attached hydrogen (secondary N) is 1. The second-order valence-corrected chi connectivity index (χ2v) is 8.36. The van der Waals surface area contributed by atoms with E-state index in [9.17, 15) is 5.11 Å². The summed E-state index contributed by atoms with van der Waals surface area (Å²) in [5, 5.41) is 14.5. The van der Waals surface area contributed by atoms with Crippen molar-refractivity contribution < 1.29 is 14.6 Å². The maximum atomic E-state index is 11.0. The molecule has 168 valence electrons. The van der Waals surface area contributed by atoms with Crippen molar-refractivity contribution in [2.45, 2.75) is 25.0 Å². The van der Waals surface area contributed by atoms with Crippen molar-refractivity contribution in [2.24, 2.45) is 0 Å². The molecule has 1 aromatic heterocycles. The topological polar surface area (TPSA) is 83.0 Å². The molecule has 8 heteroatoms. The summed E-state index contributed by atoms with van der Waals surface area (Å²) in [4.78, 5) is 13.0. The predicted octanol–water partition coefficient (Wildman–Crippen LogP) is 1.31. The van der Waals surface area contributed by atoms with Crippen LogP contribution in [0.15, 0.2) is 42.9 Å². The number of nitrogens with zero attached hydrogens (tertiary/aromatic N) is 4. The molecule has 8 nitrogen and oxygen atoms in total. The highest BCUT2D eigenvalue weighted by Gasteiger charge is 2.33. The number of benzene rings is 1. The van der Waals surface area contributed by atoms with Crippen molar-refractivity contribution >= 4 is 5.82 Å². The molecule has 0 bridgehead atoms. The van der Waals surface area contributed by atoms with Crippen LogP contribution in [0.25, 0.3) is 0 Å². The van der Waals surface area contributed by atoms with E-state index in [4.69, 9.17) is 9.47 Å². The van der Waals surface area contributed by atoms with Crippen molar-refractivity contribution in [3.05, 3.63) is 48.4 Å². The second-order valence-electron chi connectivity index (χ2n) is 8.36. The van der Waals surface area contributed by atoms with Gasteiger partial charge in [0, 0.05) is 58.2 Å². The first-order chi connectivity index (χ1) is 15.2. The van der Waals surface area contributed by atoms with Crippen molar-refractivity contribution in [1.29, 1.82) is 0 Å². The minimum atomic E-state index is -0.766. The van der Waals surface area contributed by atoms with E-state index < -0.39 is 5.60 Å². The average Bonchev–Trinajstić information content (AvgIpc) is 2.81. The molecular formula is C23H33N5O3. The highest BCUT2D eigenvalue weighted by Crippen LogP contribution is 2.24. The zero-order valence-electron chi connectivity index (χ0n) is 18.1. The highest BCUT2D eigenvalue weighted by molar-refractivity contribution is 5.36. The first kappa shape index (κ1) is 22.0. The van der Waals surface area contributed by atoms with Gasteiger partial charge in [0.05, 0.1) is 25.0 Å². The Labute approximate surface area is 184 Å². The van der Waals surface area contributed by atoms with Crippen molar-refractivity contribution in [2.75, 3.05) is 64.0 Å². The molecule has 4 rings (SSSR count). The smallest absolute Gasteiger partial charge is 0.147 e. The van der Waals surface area contributed by atoms with Crippen LogP contribution in [0.1, 0.15) is 18.4 Å². The van der Waals surface area contributed by atoms with E-state index in [0.717, 1.165) is 63.8 Å². The number of hydrogen-bond acceptors (Lipinski definition) is 8. The summed E-state index contributed by atoms with van der Waals surface area (Å²) >= 11 is 0. The van der Waals surface area contributed by atoms with Gasteiger partial charge in [-0.1, -0.05) is 12.1 Å². The number of aromatic nitrogens is 2.